The molecule has 0 saturated carbocycles. The molecule has 1 amide bonds. The van der Waals surface area contributed by atoms with Gasteiger partial charge in [0.05, 0.1) is 18.7 Å². The minimum atomic E-state index is -0.812. The molecule has 2 aliphatic rings. The number of aliphatic imine (C=N–C) groups is 1. The topological polar surface area (TPSA) is 103 Å². The highest BCUT2D eigenvalue weighted by molar-refractivity contribution is 6.03. The zero-order valence-corrected chi connectivity index (χ0v) is 18.7. The van der Waals surface area contributed by atoms with Gasteiger partial charge in [-0.1, -0.05) is 0 Å². The van der Waals surface area contributed by atoms with Crippen LogP contribution in [0.5, 0.6) is 5.75 Å². The second-order valence-corrected chi connectivity index (χ2v) is 8.65. The SMILES string of the molecule is COc1ccc2c(c1)CCN=C2CC1CN(C(=O)c2ccc(C#N)cc2)CCC1CC(=O)O. The minimum absolute atomic E-state index is 0.00369. The van der Waals surface area contributed by atoms with Gasteiger partial charge in [-0.15, -0.1) is 0 Å². The molecule has 2 aromatic rings. The largest absolute Gasteiger partial charge is 0.497 e. The van der Waals surface area contributed by atoms with Gasteiger partial charge >= 0.3 is 5.97 Å². The lowest BCUT2D eigenvalue weighted by atomic mass is 9.78. The molecule has 0 radical (unpaired) electrons. The Morgan fingerprint density at radius 3 is 2.70 bits per heavy atom. The highest BCUT2D eigenvalue weighted by Crippen LogP contribution is 2.33. The summed E-state index contributed by atoms with van der Waals surface area (Å²) in [6, 6.07) is 14.7. The zero-order valence-electron chi connectivity index (χ0n) is 18.7. The smallest absolute Gasteiger partial charge is 0.303 e. The first kappa shape index (κ1) is 22.5. The molecule has 1 saturated heterocycles. The molecule has 2 atom stereocenters. The van der Waals surface area contributed by atoms with Crippen LogP contribution >= 0.6 is 0 Å². The van der Waals surface area contributed by atoms with E-state index in [0.29, 0.717) is 43.6 Å². The van der Waals surface area contributed by atoms with Crippen LogP contribution in [0.1, 0.15) is 46.3 Å². The number of aliphatic carboxylic acids is 1. The third kappa shape index (κ3) is 5.06. The molecule has 7 nitrogen and oxygen atoms in total. The molecule has 0 bridgehead atoms. The van der Waals surface area contributed by atoms with E-state index in [0.717, 1.165) is 23.4 Å². The Bertz CT molecular complexity index is 1120. The number of carboxylic acid groups (broad SMARTS) is 1. The number of carboxylic acids is 1. The number of nitrogens with zero attached hydrogens (tertiary/aromatic N) is 3. The van der Waals surface area contributed by atoms with E-state index in [1.54, 1.807) is 31.4 Å². The van der Waals surface area contributed by atoms with Gasteiger partial charge in [0.25, 0.3) is 5.91 Å². The third-order valence-corrected chi connectivity index (χ3v) is 6.64. The van der Waals surface area contributed by atoms with Gasteiger partial charge in [0.15, 0.2) is 0 Å². The summed E-state index contributed by atoms with van der Waals surface area (Å²) in [5.74, 6) is -0.0972. The van der Waals surface area contributed by atoms with Crippen LogP contribution in [0.25, 0.3) is 0 Å². The molecule has 33 heavy (non-hydrogen) atoms. The maximum atomic E-state index is 13.1. The van der Waals surface area contributed by atoms with Crippen LogP contribution in [0.3, 0.4) is 0 Å². The Hall–Kier alpha value is -3.66. The fourth-order valence-electron chi connectivity index (χ4n) is 4.86. The van der Waals surface area contributed by atoms with Gasteiger partial charge in [-0.3, -0.25) is 14.6 Å². The Labute approximate surface area is 193 Å². The second kappa shape index (κ2) is 9.86. The number of methoxy groups -OCH3 is 1. The predicted molar refractivity (Wildman–Crippen MR) is 124 cm³/mol. The number of rotatable bonds is 6. The lowest BCUT2D eigenvalue weighted by Gasteiger charge is -2.39. The molecule has 4 rings (SSSR count). The van der Waals surface area contributed by atoms with E-state index in [-0.39, 0.29) is 24.2 Å². The van der Waals surface area contributed by atoms with Crippen LogP contribution in [-0.2, 0) is 11.2 Å². The van der Waals surface area contributed by atoms with Crippen LogP contribution in [-0.4, -0.2) is 54.3 Å². The van der Waals surface area contributed by atoms with Crippen LogP contribution < -0.4 is 4.74 Å². The van der Waals surface area contributed by atoms with Crippen molar-refractivity contribution in [2.45, 2.75) is 25.7 Å². The molecular weight excluding hydrogens is 418 g/mol. The van der Waals surface area contributed by atoms with Gasteiger partial charge in [-0.25, -0.2) is 0 Å². The summed E-state index contributed by atoms with van der Waals surface area (Å²) in [6.45, 7) is 1.70. The zero-order chi connectivity index (χ0) is 23.4. The number of ether oxygens (including phenoxy) is 1. The maximum absolute atomic E-state index is 13.1. The summed E-state index contributed by atoms with van der Waals surface area (Å²) in [4.78, 5) is 31.2. The molecule has 1 fully saturated rings. The molecule has 2 unspecified atom stereocenters. The molecule has 2 heterocycles. The number of nitriles is 1. The van der Waals surface area contributed by atoms with Crippen molar-refractivity contribution in [1.29, 1.82) is 5.26 Å². The number of piperidine rings is 1. The predicted octanol–water partition coefficient (Wildman–Crippen LogP) is 3.56. The standard InChI is InChI=1S/C26H27N3O4/c1-33-22-6-7-23-20(12-22)8-10-28-24(23)13-21-16-29(11-9-19(21)14-25(30)31)26(32)18-4-2-17(15-27)3-5-18/h2-7,12,19,21H,8-11,13-14,16H2,1H3,(H,30,31). The van der Waals surface area contributed by atoms with Crippen molar-refractivity contribution in [2.24, 2.45) is 16.8 Å². The summed E-state index contributed by atoms with van der Waals surface area (Å²) in [7, 11) is 1.65. The molecule has 0 aliphatic carbocycles. The van der Waals surface area contributed by atoms with Crippen molar-refractivity contribution < 1.29 is 19.4 Å². The minimum Gasteiger partial charge on any atom is -0.497 e. The average molecular weight is 446 g/mol. The van der Waals surface area contributed by atoms with E-state index in [1.807, 2.05) is 23.1 Å². The summed E-state index contributed by atoms with van der Waals surface area (Å²) >= 11 is 0. The van der Waals surface area contributed by atoms with Gasteiger partial charge in [0, 0.05) is 37.3 Å². The van der Waals surface area contributed by atoms with Crippen molar-refractivity contribution in [3.63, 3.8) is 0 Å². The first-order valence-electron chi connectivity index (χ1n) is 11.2. The molecule has 1 N–H and O–H groups in total. The maximum Gasteiger partial charge on any atom is 0.303 e. The number of fused-ring (bicyclic) bond motifs is 1. The normalized spacial score (nSPS) is 19.8. The van der Waals surface area contributed by atoms with Crippen LogP contribution in [0.2, 0.25) is 0 Å². The summed E-state index contributed by atoms with van der Waals surface area (Å²) in [5.41, 5.74) is 4.31. The van der Waals surface area contributed by atoms with Crippen molar-refractivity contribution in [3.05, 3.63) is 64.7 Å². The van der Waals surface area contributed by atoms with E-state index in [9.17, 15) is 14.7 Å². The van der Waals surface area contributed by atoms with Crippen LogP contribution in [0, 0.1) is 23.2 Å². The fourth-order valence-corrected chi connectivity index (χ4v) is 4.86. The van der Waals surface area contributed by atoms with Crippen LogP contribution in [0.15, 0.2) is 47.5 Å². The number of carbonyl (C=O) groups is 2. The Morgan fingerprint density at radius 2 is 2.00 bits per heavy atom. The molecule has 2 aromatic carbocycles. The molecule has 0 spiro atoms. The Morgan fingerprint density at radius 1 is 1.21 bits per heavy atom. The number of hydrogen-bond acceptors (Lipinski definition) is 5. The van der Waals surface area contributed by atoms with E-state index in [2.05, 4.69) is 6.07 Å². The lowest BCUT2D eigenvalue weighted by molar-refractivity contribution is -0.138. The molecule has 2 aliphatic heterocycles. The molecule has 0 aromatic heterocycles. The number of likely N-dealkylation sites (tertiary alicyclic amines) is 1. The van der Waals surface area contributed by atoms with Crippen molar-refractivity contribution in [3.8, 4) is 11.8 Å². The van der Waals surface area contributed by atoms with Gasteiger partial charge < -0.3 is 14.7 Å². The van der Waals surface area contributed by atoms with Gasteiger partial charge in [0.2, 0.25) is 0 Å². The van der Waals surface area contributed by atoms with E-state index in [1.165, 1.54) is 5.56 Å². The second-order valence-electron chi connectivity index (χ2n) is 8.65. The van der Waals surface area contributed by atoms with Gasteiger partial charge in [0.1, 0.15) is 5.75 Å². The van der Waals surface area contributed by atoms with Crippen molar-refractivity contribution >= 4 is 17.6 Å². The van der Waals surface area contributed by atoms with Crippen molar-refractivity contribution in [2.75, 3.05) is 26.7 Å². The van der Waals surface area contributed by atoms with E-state index >= 15 is 0 Å². The number of hydrogen-bond donors (Lipinski definition) is 1. The van der Waals surface area contributed by atoms with Gasteiger partial charge in [-0.2, -0.15) is 5.26 Å². The first-order chi connectivity index (χ1) is 16.0. The summed E-state index contributed by atoms with van der Waals surface area (Å²) < 4.78 is 5.36. The average Bonchev–Trinajstić information content (AvgIpc) is 2.84. The van der Waals surface area contributed by atoms with Crippen molar-refractivity contribution in [1.82, 2.24) is 4.90 Å². The van der Waals surface area contributed by atoms with E-state index in [4.69, 9.17) is 15.0 Å². The monoisotopic (exact) mass is 445 g/mol. The quantitative estimate of drug-likeness (QED) is 0.732. The van der Waals surface area contributed by atoms with E-state index < -0.39 is 5.97 Å². The highest BCUT2D eigenvalue weighted by Gasteiger charge is 2.34. The van der Waals surface area contributed by atoms with Gasteiger partial charge in [-0.05, 0) is 84.7 Å². The number of carbonyl (C=O) groups excluding carboxylic acids is 1. The third-order valence-electron chi connectivity index (χ3n) is 6.64. The number of benzene rings is 2. The Balaban J connectivity index is 1.54. The summed E-state index contributed by atoms with van der Waals surface area (Å²) in [5, 5.41) is 18.5. The fraction of sp³-hybridized carbons (Fsp3) is 0.385. The lowest BCUT2D eigenvalue weighted by Crippen LogP contribution is -2.45. The van der Waals surface area contributed by atoms with Crippen LogP contribution in [0.4, 0.5) is 0 Å². The molecular formula is C26H27N3O4. The molecule has 7 heteroatoms. The Kier molecular flexibility index (Phi) is 6.74. The summed E-state index contributed by atoms with van der Waals surface area (Å²) in [6.07, 6.45) is 2.21. The first-order valence-corrected chi connectivity index (χ1v) is 11.2. The highest BCUT2D eigenvalue weighted by atomic mass is 16.5. The number of amides is 1. The molecule has 170 valence electrons.